The van der Waals surface area contributed by atoms with Crippen LogP contribution in [0.15, 0.2) is 36.0 Å². The van der Waals surface area contributed by atoms with Crippen LogP contribution in [0.1, 0.15) is 46.5 Å². The van der Waals surface area contributed by atoms with Gasteiger partial charge in [0.2, 0.25) is 5.79 Å². The van der Waals surface area contributed by atoms with Gasteiger partial charge in [-0.2, -0.15) is 0 Å². The van der Waals surface area contributed by atoms with Gasteiger partial charge in [-0.25, -0.2) is 9.59 Å². The molecule has 0 aromatic carbocycles. The van der Waals surface area contributed by atoms with Crippen LogP contribution in [0.3, 0.4) is 0 Å². The highest BCUT2D eigenvalue weighted by Gasteiger charge is 2.92. The summed E-state index contributed by atoms with van der Waals surface area (Å²) in [5, 5.41) is 36.0. The molecule has 38 heavy (non-hydrogen) atoms. The van der Waals surface area contributed by atoms with Crippen LogP contribution in [0.25, 0.3) is 0 Å². The number of carbonyl (C=O) groups is 4. The first-order valence-electron chi connectivity index (χ1n) is 13.1. The Balaban J connectivity index is 1.53. The van der Waals surface area contributed by atoms with Crippen molar-refractivity contribution >= 4 is 23.5 Å². The van der Waals surface area contributed by atoms with Crippen molar-refractivity contribution in [1.82, 2.24) is 0 Å². The fourth-order valence-corrected chi connectivity index (χ4v) is 9.23. The zero-order valence-electron chi connectivity index (χ0n) is 21.4. The number of allylic oxidation sites excluding steroid dienone is 3. The van der Waals surface area contributed by atoms with E-state index in [4.69, 9.17) is 14.2 Å². The van der Waals surface area contributed by atoms with E-state index in [-0.39, 0.29) is 37.0 Å². The molecule has 3 aliphatic carbocycles. The van der Waals surface area contributed by atoms with Crippen LogP contribution in [0.4, 0.5) is 0 Å². The lowest BCUT2D eigenvalue weighted by Gasteiger charge is -2.60. The molecular weight excluding hydrogens is 496 g/mol. The van der Waals surface area contributed by atoms with Crippen molar-refractivity contribution < 1.29 is 48.7 Å². The number of ether oxygens (including phenoxy) is 3. The van der Waals surface area contributed by atoms with Crippen molar-refractivity contribution in [1.29, 1.82) is 0 Å². The van der Waals surface area contributed by atoms with Crippen molar-refractivity contribution in [2.75, 3.05) is 0 Å². The molecule has 4 aliphatic heterocycles. The van der Waals surface area contributed by atoms with Crippen LogP contribution in [0, 0.1) is 28.6 Å². The first-order valence-corrected chi connectivity index (χ1v) is 13.1. The Labute approximate surface area is 218 Å². The minimum absolute atomic E-state index is 0.00631. The first-order chi connectivity index (χ1) is 17.6. The highest BCUT2D eigenvalue weighted by atomic mass is 16.7. The molecule has 10 heteroatoms. The summed E-state index contributed by atoms with van der Waals surface area (Å²) < 4.78 is 17.8. The van der Waals surface area contributed by atoms with Crippen molar-refractivity contribution in [3.05, 3.63) is 36.0 Å². The lowest BCUT2D eigenvalue weighted by Crippen LogP contribution is -2.77. The molecule has 0 amide bonds. The third-order valence-corrected chi connectivity index (χ3v) is 11.3. The number of fused-ring (bicyclic) bond motifs is 9. The zero-order valence-corrected chi connectivity index (χ0v) is 21.4. The Hall–Kier alpha value is -2.66. The van der Waals surface area contributed by atoms with Gasteiger partial charge in [0.25, 0.3) is 0 Å². The summed E-state index contributed by atoms with van der Waals surface area (Å²) in [6.45, 7) is 8.65. The number of esters is 2. The number of aliphatic hydroxyl groups excluding tert-OH is 1. The molecule has 10 nitrogen and oxygen atoms in total. The maximum Gasteiger partial charge on any atom is 0.342 e. The molecule has 4 heterocycles. The molecule has 7 rings (SSSR count). The predicted octanol–water partition coefficient (Wildman–Crippen LogP) is 0.430. The maximum atomic E-state index is 14.6. The van der Waals surface area contributed by atoms with Crippen LogP contribution in [-0.4, -0.2) is 73.6 Å². The van der Waals surface area contributed by atoms with Crippen molar-refractivity contribution in [3.63, 3.8) is 0 Å². The molecule has 11 atom stereocenters. The van der Waals surface area contributed by atoms with Crippen molar-refractivity contribution in [3.8, 4) is 0 Å². The van der Waals surface area contributed by atoms with E-state index in [9.17, 15) is 34.5 Å². The summed E-state index contributed by atoms with van der Waals surface area (Å²) in [5.41, 5.74) is -8.43. The maximum absolute atomic E-state index is 14.6. The van der Waals surface area contributed by atoms with E-state index in [1.807, 2.05) is 0 Å². The van der Waals surface area contributed by atoms with Gasteiger partial charge in [-0.15, -0.1) is 0 Å². The Morgan fingerprint density at radius 1 is 1.11 bits per heavy atom. The monoisotopic (exact) mass is 526 g/mol. The van der Waals surface area contributed by atoms with E-state index in [2.05, 4.69) is 6.58 Å². The van der Waals surface area contributed by atoms with Crippen molar-refractivity contribution in [2.24, 2.45) is 28.6 Å². The second-order valence-electron chi connectivity index (χ2n) is 12.7. The summed E-state index contributed by atoms with van der Waals surface area (Å²) in [6, 6.07) is 0. The molecule has 7 aliphatic rings. The minimum Gasteiger partial charge on any atom is -0.455 e. The van der Waals surface area contributed by atoms with Gasteiger partial charge in [0.05, 0.1) is 23.4 Å². The summed E-state index contributed by atoms with van der Waals surface area (Å²) in [7, 11) is 0. The smallest absolute Gasteiger partial charge is 0.342 e. The SMILES string of the molecule is C=C1C(=O)O[C@@H]2C[C@@]1(C)[C@@H]1C(=O)[C@]3(O)O[C@]14[C@@]2(C)OC(=O)[C@@]4(O)CC[C@H]1[C@H]3[C@@H](O)C=C2C=CCC(=O)[C@@]21C. The average Bonchev–Trinajstić information content (AvgIpc) is 3.19. The Morgan fingerprint density at radius 3 is 2.53 bits per heavy atom. The first kappa shape index (κ1) is 24.4. The Morgan fingerprint density at radius 2 is 1.82 bits per heavy atom. The standard InChI is InChI=1S/C28H30O10/c1-12-21(32)36-17-11-23(12,2)19-20(31)27(35)18-14(24(3)13(10-15(18)29)6-5-7-16(24)30)8-9-26(34)22(33)37-25(17,4)28(19,26)38-27/h5-6,10,14-15,17-19,29,34-35H,1,7-9,11H2,2-4H3/t14-,15-,17+,18-,19-,23+,24-,25-,26-,27+,28-/m0/s1. The van der Waals surface area contributed by atoms with E-state index >= 15 is 0 Å². The topological polar surface area (TPSA) is 157 Å². The van der Waals surface area contributed by atoms with Crippen LogP contribution in [0.2, 0.25) is 0 Å². The lowest BCUT2D eigenvalue weighted by molar-refractivity contribution is -0.344. The molecule has 3 N–H and O–H groups in total. The van der Waals surface area contributed by atoms with Gasteiger partial charge >= 0.3 is 11.9 Å². The van der Waals surface area contributed by atoms with Crippen LogP contribution >= 0.6 is 0 Å². The van der Waals surface area contributed by atoms with E-state index in [0.29, 0.717) is 5.57 Å². The molecule has 4 saturated heterocycles. The third-order valence-electron chi connectivity index (χ3n) is 11.3. The van der Waals surface area contributed by atoms with Crippen LogP contribution in [0.5, 0.6) is 0 Å². The minimum atomic E-state index is -2.71. The number of hydrogen-bond donors (Lipinski definition) is 3. The lowest BCUT2D eigenvalue weighted by atomic mass is 9.47. The fourth-order valence-electron chi connectivity index (χ4n) is 9.23. The fraction of sp³-hybridized carbons (Fsp3) is 0.643. The number of ketones is 2. The van der Waals surface area contributed by atoms with Gasteiger partial charge in [0.15, 0.2) is 22.6 Å². The number of aliphatic hydroxyl groups is 3. The van der Waals surface area contributed by atoms with Crippen LogP contribution in [-0.2, 0) is 33.4 Å². The molecule has 202 valence electrons. The van der Waals surface area contributed by atoms with Gasteiger partial charge in [0.1, 0.15) is 11.9 Å². The molecule has 1 saturated carbocycles. The van der Waals surface area contributed by atoms with Gasteiger partial charge in [-0.3, -0.25) is 9.59 Å². The van der Waals surface area contributed by atoms with E-state index < -0.39 is 81.1 Å². The highest BCUT2D eigenvalue weighted by Crippen LogP contribution is 2.73. The quantitative estimate of drug-likeness (QED) is 0.299. The van der Waals surface area contributed by atoms with E-state index in [1.54, 1.807) is 26.0 Å². The predicted molar refractivity (Wildman–Crippen MR) is 126 cm³/mol. The zero-order chi connectivity index (χ0) is 27.4. The molecule has 0 unspecified atom stereocenters. The molecule has 4 bridgehead atoms. The summed E-state index contributed by atoms with van der Waals surface area (Å²) in [4.78, 5) is 54.4. The Bertz CT molecular complexity index is 1350. The van der Waals surface area contributed by atoms with Gasteiger partial charge in [-0.1, -0.05) is 31.7 Å². The van der Waals surface area contributed by atoms with Gasteiger partial charge in [-0.05, 0) is 44.6 Å². The van der Waals surface area contributed by atoms with Gasteiger partial charge in [0, 0.05) is 17.4 Å². The summed E-state index contributed by atoms with van der Waals surface area (Å²) in [5.74, 6) is -9.17. The second kappa shape index (κ2) is 6.55. The number of Topliss-reactive ketones (excluding diaryl/α,β-unsaturated/α-hetero) is 2. The van der Waals surface area contributed by atoms with Crippen LogP contribution < -0.4 is 0 Å². The average molecular weight is 527 g/mol. The summed E-state index contributed by atoms with van der Waals surface area (Å²) >= 11 is 0. The highest BCUT2D eigenvalue weighted by molar-refractivity contribution is 6.01. The number of rotatable bonds is 0. The molecule has 0 aromatic rings. The molecular formula is C28H30O10. The second-order valence-corrected chi connectivity index (χ2v) is 12.7. The van der Waals surface area contributed by atoms with E-state index in [0.717, 1.165) is 0 Å². The molecule has 0 aromatic heterocycles. The molecule has 1 spiro atoms. The van der Waals surface area contributed by atoms with Crippen molar-refractivity contribution in [2.45, 2.75) is 81.3 Å². The number of hydrogen-bond acceptors (Lipinski definition) is 10. The normalized spacial score (nSPS) is 56.2. The summed E-state index contributed by atoms with van der Waals surface area (Å²) in [6.07, 6.45) is 2.35. The van der Waals surface area contributed by atoms with Gasteiger partial charge < -0.3 is 29.5 Å². The Kier molecular flexibility index (Phi) is 4.20. The molecule has 5 fully saturated rings. The number of carbonyl (C=O) groups excluding carboxylic acids is 4. The third kappa shape index (κ3) is 2.15. The van der Waals surface area contributed by atoms with E-state index in [1.165, 1.54) is 13.0 Å². The molecule has 0 radical (unpaired) electrons. The largest absolute Gasteiger partial charge is 0.455 e.